The Bertz CT molecular complexity index is 1400. The first-order valence-electron chi connectivity index (χ1n) is 10.2. The molecule has 2 heterocycles. The highest BCUT2D eigenvalue weighted by atomic mass is 127. The fourth-order valence-corrected chi connectivity index (χ4v) is 4.55. The van der Waals surface area contributed by atoms with Crippen LogP contribution in [-0.4, -0.2) is 41.4 Å². The minimum Gasteiger partial charge on any atom is -0.326 e. The molecule has 0 saturated heterocycles. The van der Waals surface area contributed by atoms with Gasteiger partial charge in [-0.1, -0.05) is 47.3 Å². The van der Waals surface area contributed by atoms with Gasteiger partial charge in [-0.15, -0.1) is 15.3 Å². The second kappa shape index (κ2) is 9.71. The van der Waals surface area contributed by atoms with Crippen LogP contribution in [0.15, 0.2) is 84.0 Å². The number of hydrogen-bond donors (Lipinski definition) is 1. The number of hydrogen-bond acceptors (Lipinski definition) is 6. The third-order valence-electron chi connectivity index (χ3n) is 4.86. The Hall–Kier alpha value is -3.25. The minimum atomic E-state index is -0.0445. The number of para-hydroxylation sites is 2. The molecular weight excluding hydrogens is 549 g/mol. The normalized spacial score (nSPS) is 11.1. The smallest absolute Gasteiger partial charge is 0.259 e. The van der Waals surface area contributed by atoms with Crippen LogP contribution in [0.4, 0.5) is 5.69 Å². The monoisotopic (exact) mass is 567 g/mol. The van der Waals surface area contributed by atoms with Gasteiger partial charge in [-0.2, -0.15) is 4.68 Å². The molecule has 1 amide bonds. The topological polar surface area (TPSA) is 90.5 Å². The third-order valence-corrected chi connectivity index (χ3v) is 6.51. The van der Waals surface area contributed by atoms with Crippen molar-refractivity contribution in [1.29, 1.82) is 0 Å². The van der Waals surface area contributed by atoms with E-state index in [1.54, 1.807) is 4.68 Å². The number of carbonyl (C=O) groups is 1. The van der Waals surface area contributed by atoms with E-state index in [9.17, 15) is 4.79 Å². The molecule has 0 radical (unpaired) electrons. The summed E-state index contributed by atoms with van der Waals surface area (Å²) in [7, 11) is 0. The second-order valence-corrected chi connectivity index (χ2v) is 9.40. The number of benzene rings is 3. The molecule has 33 heavy (non-hydrogen) atoms. The van der Waals surface area contributed by atoms with E-state index in [1.807, 2.05) is 83.4 Å². The molecule has 2 aromatic heterocycles. The first-order chi connectivity index (χ1) is 16.2. The van der Waals surface area contributed by atoms with E-state index in [0.717, 1.165) is 26.0 Å². The molecule has 0 aliphatic rings. The van der Waals surface area contributed by atoms with Crippen LogP contribution in [0.1, 0.15) is 6.42 Å². The Morgan fingerprint density at radius 2 is 1.67 bits per heavy atom. The number of nitrogens with one attached hydrogen (secondary N) is 1. The molecule has 0 fully saturated rings. The molecular formula is C23H18IN7OS. The van der Waals surface area contributed by atoms with Crippen molar-refractivity contribution in [3.8, 4) is 11.6 Å². The van der Waals surface area contributed by atoms with Crippen LogP contribution in [-0.2, 0) is 4.79 Å². The van der Waals surface area contributed by atoms with Gasteiger partial charge in [-0.05, 0) is 71.1 Å². The number of carbonyl (C=O) groups excluding carboxylic acids is 1. The molecule has 0 bridgehead atoms. The van der Waals surface area contributed by atoms with Crippen molar-refractivity contribution in [1.82, 2.24) is 29.8 Å². The van der Waals surface area contributed by atoms with Gasteiger partial charge in [0, 0.05) is 21.4 Å². The predicted octanol–water partition coefficient (Wildman–Crippen LogP) is 4.73. The Morgan fingerprint density at radius 3 is 2.48 bits per heavy atom. The number of rotatable bonds is 7. The van der Waals surface area contributed by atoms with Crippen molar-refractivity contribution in [2.24, 2.45) is 0 Å². The maximum absolute atomic E-state index is 12.4. The molecule has 0 saturated carbocycles. The first kappa shape index (κ1) is 21.6. The summed E-state index contributed by atoms with van der Waals surface area (Å²) in [6, 6.07) is 25.3. The molecule has 10 heteroatoms. The lowest BCUT2D eigenvalue weighted by molar-refractivity contribution is -0.115. The number of halogens is 1. The van der Waals surface area contributed by atoms with E-state index in [2.05, 4.69) is 48.4 Å². The van der Waals surface area contributed by atoms with Crippen molar-refractivity contribution < 1.29 is 4.79 Å². The van der Waals surface area contributed by atoms with Crippen LogP contribution >= 0.6 is 34.4 Å². The second-order valence-electron chi connectivity index (χ2n) is 7.10. The standard InChI is InChI=1S/C23H18IN7OS/c24-16-10-12-17(13-11-16)25-21(32)14-15-33-23-28-27-22(30(23)18-6-2-1-3-7-18)31-20-9-5-4-8-19(20)26-29-31/h1-13H,14-15H2,(H,25,32). The molecule has 1 N–H and O–H groups in total. The van der Waals surface area contributed by atoms with Crippen molar-refractivity contribution in [3.05, 3.63) is 82.4 Å². The first-order valence-corrected chi connectivity index (χ1v) is 12.3. The van der Waals surface area contributed by atoms with Gasteiger partial charge in [0.25, 0.3) is 5.95 Å². The summed E-state index contributed by atoms with van der Waals surface area (Å²) in [5, 5.41) is 21.0. The van der Waals surface area contributed by atoms with Gasteiger partial charge in [0.15, 0.2) is 5.16 Å². The van der Waals surface area contributed by atoms with E-state index in [-0.39, 0.29) is 5.91 Å². The fourth-order valence-electron chi connectivity index (χ4n) is 3.30. The zero-order valence-corrected chi connectivity index (χ0v) is 20.3. The number of fused-ring (bicyclic) bond motifs is 1. The highest BCUT2D eigenvalue weighted by Gasteiger charge is 2.19. The number of aromatic nitrogens is 6. The highest BCUT2D eigenvalue weighted by molar-refractivity contribution is 14.1. The zero-order valence-electron chi connectivity index (χ0n) is 17.3. The van der Waals surface area contributed by atoms with E-state index >= 15 is 0 Å². The fraction of sp³-hybridized carbons (Fsp3) is 0.0870. The van der Waals surface area contributed by atoms with Crippen LogP contribution in [0.3, 0.4) is 0 Å². The molecule has 0 aliphatic heterocycles. The Kier molecular flexibility index (Phi) is 6.35. The van der Waals surface area contributed by atoms with Crippen LogP contribution < -0.4 is 5.32 Å². The Morgan fingerprint density at radius 1 is 0.909 bits per heavy atom. The summed E-state index contributed by atoms with van der Waals surface area (Å²) in [5.74, 6) is 1.05. The van der Waals surface area contributed by atoms with E-state index in [0.29, 0.717) is 23.3 Å². The molecule has 0 unspecified atom stereocenters. The van der Waals surface area contributed by atoms with Gasteiger partial charge in [-0.25, -0.2) is 0 Å². The van der Waals surface area contributed by atoms with Crippen LogP contribution in [0.2, 0.25) is 0 Å². The van der Waals surface area contributed by atoms with Gasteiger partial charge in [-0.3, -0.25) is 9.36 Å². The minimum absolute atomic E-state index is 0.0445. The van der Waals surface area contributed by atoms with Gasteiger partial charge in [0.2, 0.25) is 5.91 Å². The predicted molar refractivity (Wildman–Crippen MR) is 137 cm³/mol. The lowest BCUT2D eigenvalue weighted by Crippen LogP contribution is -2.12. The Labute approximate surface area is 207 Å². The van der Waals surface area contributed by atoms with Crippen molar-refractivity contribution in [3.63, 3.8) is 0 Å². The molecule has 8 nitrogen and oxygen atoms in total. The van der Waals surface area contributed by atoms with E-state index < -0.39 is 0 Å². The lowest BCUT2D eigenvalue weighted by Gasteiger charge is -2.10. The average Bonchev–Trinajstić information content (AvgIpc) is 3.45. The average molecular weight is 567 g/mol. The maximum Gasteiger partial charge on any atom is 0.259 e. The van der Waals surface area contributed by atoms with Gasteiger partial charge in [0.1, 0.15) is 5.52 Å². The molecule has 164 valence electrons. The number of thioether (sulfide) groups is 1. The van der Waals surface area contributed by atoms with E-state index in [4.69, 9.17) is 0 Å². The lowest BCUT2D eigenvalue weighted by atomic mass is 10.3. The molecule has 0 aliphatic carbocycles. The number of amides is 1. The summed E-state index contributed by atoms with van der Waals surface area (Å²) in [6.45, 7) is 0. The summed E-state index contributed by atoms with van der Waals surface area (Å²) in [5.41, 5.74) is 3.32. The molecule has 3 aromatic carbocycles. The molecule has 0 atom stereocenters. The Balaban J connectivity index is 1.38. The number of nitrogens with zero attached hydrogens (tertiary/aromatic N) is 6. The summed E-state index contributed by atoms with van der Waals surface area (Å²) < 4.78 is 4.74. The van der Waals surface area contributed by atoms with Crippen molar-refractivity contribution >= 4 is 57.0 Å². The SMILES string of the molecule is O=C(CCSc1nnc(-n2nnc3ccccc32)n1-c1ccccc1)Nc1ccc(I)cc1. The van der Waals surface area contributed by atoms with E-state index in [1.165, 1.54) is 11.8 Å². The van der Waals surface area contributed by atoms with Gasteiger partial charge < -0.3 is 5.32 Å². The number of anilines is 1. The molecule has 5 rings (SSSR count). The van der Waals surface area contributed by atoms with Crippen LogP contribution in [0, 0.1) is 3.57 Å². The molecule has 0 spiro atoms. The zero-order chi connectivity index (χ0) is 22.6. The van der Waals surface area contributed by atoms with Gasteiger partial charge >= 0.3 is 0 Å². The largest absolute Gasteiger partial charge is 0.326 e. The van der Waals surface area contributed by atoms with Crippen molar-refractivity contribution in [2.75, 3.05) is 11.1 Å². The quantitative estimate of drug-likeness (QED) is 0.226. The highest BCUT2D eigenvalue weighted by Crippen LogP contribution is 2.26. The third kappa shape index (κ3) is 4.76. The van der Waals surface area contributed by atoms with Gasteiger partial charge in [0.05, 0.1) is 11.2 Å². The van der Waals surface area contributed by atoms with Crippen molar-refractivity contribution in [2.45, 2.75) is 11.6 Å². The maximum atomic E-state index is 12.4. The summed E-state index contributed by atoms with van der Waals surface area (Å²) in [4.78, 5) is 12.4. The summed E-state index contributed by atoms with van der Waals surface area (Å²) in [6.07, 6.45) is 0.347. The van der Waals surface area contributed by atoms with Crippen LogP contribution in [0.5, 0.6) is 0 Å². The molecule has 5 aromatic rings. The summed E-state index contributed by atoms with van der Waals surface area (Å²) >= 11 is 3.71. The van der Waals surface area contributed by atoms with Crippen LogP contribution in [0.25, 0.3) is 22.7 Å².